The summed E-state index contributed by atoms with van der Waals surface area (Å²) in [5.74, 6) is -3.00. The van der Waals surface area contributed by atoms with Gasteiger partial charge in [-0.25, -0.2) is 4.39 Å². The van der Waals surface area contributed by atoms with Crippen LogP contribution in [0, 0.1) is 18.7 Å². The third-order valence-electron chi connectivity index (χ3n) is 6.70. The minimum Gasteiger partial charge on any atom is -0.505 e. The van der Waals surface area contributed by atoms with Gasteiger partial charge in [0.25, 0.3) is 5.91 Å². The van der Waals surface area contributed by atoms with Crippen molar-refractivity contribution in [1.29, 1.82) is 0 Å². The maximum Gasteiger partial charge on any atom is 0.314 e. The van der Waals surface area contributed by atoms with E-state index < -0.39 is 28.9 Å². The summed E-state index contributed by atoms with van der Waals surface area (Å²) < 4.78 is 15.7. The lowest BCUT2D eigenvalue weighted by Gasteiger charge is -2.32. The van der Waals surface area contributed by atoms with E-state index in [-0.39, 0.29) is 11.4 Å². The van der Waals surface area contributed by atoms with Gasteiger partial charge in [0.15, 0.2) is 11.6 Å². The van der Waals surface area contributed by atoms with Crippen LogP contribution >= 0.6 is 11.6 Å². The van der Waals surface area contributed by atoms with Crippen LogP contribution < -0.4 is 0 Å². The molecule has 1 heterocycles. The lowest BCUT2D eigenvalue weighted by Crippen LogP contribution is -2.40. The summed E-state index contributed by atoms with van der Waals surface area (Å²) in [7, 11) is 0. The monoisotopic (exact) mass is 443 g/mol. The molecule has 2 N–H and O–H groups in total. The Morgan fingerprint density at radius 2 is 1.77 bits per heavy atom. The first-order chi connectivity index (χ1) is 14.7. The quantitative estimate of drug-likeness (QED) is 0.544. The molecule has 2 aromatic carbocycles. The van der Waals surface area contributed by atoms with Gasteiger partial charge in [-0.05, 0) is 68.5 Å². The zero-order valence-electron chi connectivity index (χ0n) is 17.3. The second-order valence-corrected chi connectivity index (χ2v) is 8.85. The van der Waals surface area contributed by atoms with E-state index in [1.807, 2.05) is 0 Å². The fraction of sp³-hybridized carbons (Fsp3) is 0.333. The number of halogens is 2. The van der Waals surface area contributed by atoms with Gasteiger partial charge in [0.1, 0.15) is 0 Å². The van der Waals surface area contributed by atoms with Crippen LogP contribution in [0.4, 0.5) is 4.39 Å². The molecule has 0 unspecified atom stereocenters. The third kappa shape index (κ3) is 3.30. The number of carbonyl (C=O) groups excluding carboxylic acids is 1. The molecule has 5 nitrogen and oxygen atoms in total. The molecule has 0 bridgehead atoms. The van der Waals surface area contributed by atoms with Crippen molar-refractivity contribution in [3.63, 3.8) is 0 Å². The van der Waals surface area contributed by atoms with E-state index in [4.69, 9.17) is 11.6 Å². The normalized spacial score (nSPS) is 16.5. The Morgan fingerprint density at radius 3 is 2.35 bits per heavy atom. The number of benzene rings is 2. The summed E-state index contributed by atoms with van der Waals surface area (Å²) in [5, 5.41) is 21.2. The topological polar surface area (TPSA) is 79.5 Å². The number of carbonyl (C=O) groups is 2. The van der Waals surface area contributed by atoms with E-state index in [1.165, 1.54) is 10.6 Å². The first kappa shape index (κ1) is 21.4. The highest BCUT2D eigenvalue weighted by molar-refractivity contribution is 6.30. The van der Waals surface area contributed by atoms with Gasteiger partial charge in [0, 0.05) is 27.7 Å². The number of carboxylic acids is 1. The van der Waals surface area contributed by atoms with Crippen molar-refractivity contribution in [2.24, 2.45) is 5.92 Å². The number of aromatic nitrogens is 1. The minimum absolute atomic E-state index is 0.124. The van der Waals surface area contributed by atoms with E-state index in [2.05, 4.69) is 0 Å². The highest BCUT2D eigenvalue weighted by Crippen LogP contribution is 2.47. The molecule has 0 radical (unpaired) electrons. The molecular weight excluding hydrogens is 421 g/mol. The van der Waals surface area contributed by atoms with Crippen LogP contribution in [0.25, 0.3) is 10.9 Å². The van der Waals surface area contributed by atoms with Gasteiger partial charge < -0.3 is 10.2 Å². The summed E-state index contributed by atoms with van der Waals surface area (Å²) in [6.07, 6.45) is 3.39. The maximum absolute atomic E-state index is 14.3. The number of phenols is 1. The predicted molar refractivity (Wildman–Crippen MR) is 116 cm³/mol. The van der Waals surface area contributed by atoms with Crippen molar-refractivity contribution in [1.82, 2.24) is 4.57 Å². The molecule has 1 aliphatic rings. The SMILES string of the molecule is Cc1c([C@](C)(C(=O)O)C2CCCC2)c2cc(O)c(F)cc2n1C(=O)c1ccc(Cl)cc1. The molecule has 0 spiro atoms. The average Bonchev–Trinajstić information content (AvgIpc) is 3.35. The van der Waals surface area contributed by atoms with Gasteiger partial charge in [-0.15, -0.1) is 0 Å². The zero-order valence-corrected chi connectivity index (χ0v) is 18.0. The number of nitrogens with zero attached hydrogens (tertiary/aromatic N) is 1. The maximum atomic E-state index is 14.3. The second-order valence-electron chi connectivity index (χ2n) is 8.42. The van der Waals surface area contributed by atoms with Crippen LogP contribution in [0.3, 0.4) is 0 Å². The van der Waals surface area contributed by atoms with Crippen molar-refractivity contribution in [2.75, 3.05) is 0 Å². The molecule has 1 atom stereocenters. The molecule has 162 valence electrons. The zero-order chi connectivity index (χ0) is 22.5. The molecule has 0 aliphatic heterocycles. The number of carboxylic acid groups (broad SMARTS) is 1. The number of aliphatic carboxylic acids is 1. The number of phenolic OH excluding ortho intramolecular Hbond substituents is 1. The van der Waals surface area contributed by atoms with E-state index in [0.29, 0.717) is 27.2 Å². The Kier molecular flexibility index (Phi) is 5.30. The fourth-order valence-corrected chi connectivity index (χ4v) is 5.18. The number of hydrogen-bond acceptors (Lipinski definition) is 3. The summed E-state index contributed by atoms with van der Waals surface area (Å²) in [6, 6.07) is 8.63. The summed E-state index contributed by atoms with van der Waals surface area (Å²) >= 11 is 5.94. The fourth-order valence-electron chi connectivity index (χ4n) is 5.05. The average molecular weight is 444 g/mol. The van der Waals surface area contributed by atoms with Crippen LogP contribution in [0.2, 0.25) is 5.02 Å². The number of rotatable bonds is 4. The molecular formula is C24H23ClFNO4. The van der Waals surface area contributed by atoms with Gasteiger partial charge in [-0.2, -0.15) is 0 Å². The third-order valence-corrected chi connectivity index (χ3v) is 6.95. The number of fused-ring (bicyclic) bond motifs is 1. The van der Waals surface area contributed by atoms with E-state index in [9.17, 15) is 24.2 Å². The van der Waals surface area contributed by atoms with Crippen LogP contribution in [-0.2, 0) is 10.2 Å². The van der Waals surface area contributed by atoms with Crippen LogP contribution in [0.5, 0.6) is 5.75 Å². The molecule has 1 fully saturated rings. The molecule has 31 heavy (non-hydrogen) atoms. The summed E-state index contributed by atoms with van der Waals surface area (Å²) in [4.78, 5) is 26.0. The van der Waals surface area contributed by atoms with Gasteiger partial charge >= 0.3 is 5.97 Å². The van der Waals surface area contributed by atoms with Gasteiger partial charge in [0.2, 0.25) is 0 Å². The molecule has 1 aromatic heterocycles. The lowest BCUT2D eigenvalue weighted by atomic mass is 9.70. The molecule has 1 aliphatic carbocycles. The van der Waals surface area contributed by atoms with Crippen molar-refractivity contribution < 1.29 is 24.2 Å². The lowest BCUT2D eigenvalue weighted by molar-refractivity contribution is -0.145. The summed E-state index contributed by atoms with van der Waals surface area (Å²) in [6.45, 7) is 3.35. The van der Waals surface area contributed by atoms with Gasteiger partial charge in [0.05, 0.1) is 10.9 Å². The van der Waals surface area contributed by atoms with Crippen LogP contribution in [0.15, 0.2) is 36.4 Å². The van der Waals surface area contributed by atoms with Crippen molar-refractivity contribution in [2.45, 2.75) is 44.9 Å². The highest BCUT2D eigenvalue weighted by Gasteiger charge is 2.47. The number of aromatic hydroxyl groups is 1. The Balaban J connectivity index is 2.04. The van der Waals surface area contributed by atoms with Gasteiger partial charge in [-0.3, -0.25) is 14.2 Å². The van der Waals surface area contributed by atoms with Gasteiger partial charge in [-0.1, -0.05) is 24.4 Å². The first-order valence-corrected chi connectivity index (χ1v) is 10.6. The van der Waals surface area contributed by atoms with Crippen LogP contribution in [-0.4, -0.2) is 26.7 Å². The Hall–Kier alpha value is -2.86. The number of hydrogen-bond donors (Lipinski definition) is 2. The Morgan fingerprint density at radius 1 is 1.16 bits per heavy atom. The minimum atomic E-state index is -1.28. The molecule has 0 amide bonds. The summed E-state index contributed by atoms with van der Waals surface area (Å²) in [5.41, 5.74) is 0.154. The standard InChI is InChI=1S/C24H23ClFNO4/c1-13-21(24(2,23(30)31)15-5-3-4-6-15)17-11-20(28)18(26)12-19(17)27(13)22(29)14-7-9-16(25)10-8-14/h7-12,15,28H,3-6H2,1-2H3,(H,30,31)/t24-/m1/s1. The molecule has 4 rings (SSSR count). The predicted octanol–water partition coefficient (Wildman–Crippen LogP) is 5.67. The highest BCUT2D eigenvalue weighted by atomic mass is 35.5. The molecule has 0 saturated heterocycles. The first-order valence-electron chi connectivity index (χ1n) is 10.2. The Bertz CT molecular complexity index is 1190. The Labute approximate surface area is 184 Å². The van der Waals surface area contributed by atoms with Crippen molar-refractivity contribution in [3.8, 4) is 5.75 Å². The largest absolute Gasteiger partial charge is 0.505 e. The van der Waals surface area contributed by atoms with E-state index in [0.717, 1.165) is 31.7 Å². The van der Waals surface area contributed by atoms with Crippen molar-refractivity contribution in [3.05, 3.63) is 64.1 Å². The molecule has 3 aromatic rings. The van der Waals surface area contributed by atoms with E-state index >= 15 is 0 Å². The van der Waals surface area contributed by atoms with Crippen molar-refractivity contribution >= 4 is 34.4 Å². The molecule has 1 saturated carbocycles. The smallest absolute Gasteiger partial charge is 0.314 e. The second kappa shape index (κ2) is 7.68. The molecule has 7 heteroatoms. The van der Waals surface area contributed by atoms with Crippen LogP contribution in [0.1, 0.15) is 54.2 Å². The van der Waals surface area contributed by atoms with E-state index in [1.54, 1.807) is 38.1 Å².